The normalized spacial score (nSPS) is 15.0. The number of methoxy groups -OCH3 is 1. The van der Waals surface area contributed by atoms with Gasteiger partial charge in [-0.15, -0.1) is 0 Å². The molecule has 2 atom stereocenters. The van der Waals surface area contributed by atoms with Gasteiger partial charge in [0.15, 0.2) is 0 Å². The maximum atomic E-state index is 12.6. The summed E-state index contributed by atoms with van der Waals surface area (Å²) in [6.45, 7) is 5.70. The predicted octanol–water partition coefficient (Wildman–Crippen LogP) is 2.67. The summed E-state index contributed by atoms with van der Waals surface area (Å²) in [5, 5.41) is 15.7. The van der Waals surface area contributed by atoms with Gasteiger partial charge in [-0.3, -0.25) is 14.6 Å². The molecule has 0 saturated carbocycles. The Morgan fingerprint density at radius 2 is 1.64 bits per heavy atom. The van der Waals surface area contributed by atoms with Gasteiger partial charge in [-0.25, -0.2) is 0 Å². The third-order valence-corrected chi connectivity index (χ3v) is 5.93. The van der Waals surface area contributed by atoms with Crippen LogP contribution in [0.25, 0.3) is 11.1 Å². The Bertz CT molecular complexity index is 972. The molecule has 7 heteroatoms. The van der Waals surface area contributed by atoms with Crippen molar-refractivity contribution in [2.75, 3.05) is 20.3 Å². The minimum Gasteiger partial charge on any atom is -0.599 e. The standard InChI is InChI=1S/C26H32N2O5/c1-16(2)25(17(3)29)27-14-18(13-24(30)32-4)28-26(31)33-15-23-21-11-7-5-9-19(21)20-10-6-8-12-22(20)23/h5-12,16,18,23,25,27H,13-15H2,1-4H3,(H,28,31)/p-1/t18-,25-/m0/s1. The van der Waals surface area contributed by atoms with Crippen molar-refractivity contribution in [2.45, 2.75) is 45.2 Å². The number of benzene rings is 2. The van der Waals surface area contributed by atoms with Crippen LogP contribution < -0.4 is 10.4 Å². The lowest BCUT2D eigenvalue weighted by molar-refractivity contribution is -0.251. The molecule has 33 heavy (non-hydrogen) atoms. The van der Waals surface area contributed by atoms with Crippen molar-refractivity contribution >= 4 is 17.8 Å². The lowest BCUT2D eigenvalue weighted by Crippen LogP contribution is -2.44. The third-order valence-electron chi connectivity index (χ3n) is 5.93. The summed E-state index contributed by atoms with van der Waals surface area (Å²) in [5.41, 5.74) is 4.51. The molecule has 1 aliphatic rings. The number of esters is 1. The van der Waals surface area contributed by atoms with Crippen LogP contribution in [0, 0.1) is 5.92 Å². The van der Waals surface area contributed by atoms with Crippen LogP contribution in [0.4, 0.5) is 0 Å². The summed E-state index contributed by atoms with van der Waals surface area (Å²) in [7, 11) is 1.28. The van der Waals surface area contributed by atoms with E-state index < -0.39 is 18.1 Å². The zero-order valence-electron chi connectivity index (χ0n) is 19.5. The third kappa shape index (κ3) is 5.99. The van der Waals surface area contributed by atoms with E-state index in [9.17, 15) is 14.7 Å². The molecule has 0 spiro atoms. The molecule has 0 fully saturated rings. The van der Waals surface area contributed by atoms with E-state index in [4.69, 9.17) is 9.47 Å². The molecular formula is C26H31N2O5-. The van der Waals surface area contributed by atoms with Crippen molar-refractivity contribution in [1.29, 1.82) is 0 Å². The number of nitrogens with zero attached hydrogens (tertiary/aromatic N) is 1. The summed E-state index contributed by atoms with van der Waals surface area (Å²) >= 11 is 0. The minimum absolute atomic E-state index is 0.0111. The second-order valence-electron chi connectivity index (χ2n) is 8.61. The molecule has 0 radical (unpaired) electrons. The van der Waals surface area contributed by atoms with Gasteiger partial charge < -0.3 is 19.9 Å². The van der Waals surface area contributed by atoms with Crippen LogP contribution in [0.1, 0.15) is 44.2 Å². The summed E-state index contributed by atoms with van der Waals surface area (Å²) in [6, 6.07) is 15.1. The number of ether oxygens (including phenoxy) is 2. The fourth-order valence-electron chi connectivity index (χ4n) is 4.33. The molecule has 0 aromatic heterocycles. The van der Waals surface area contributed by atoms with Gasteiger partial charge >= 0.3 is 5.97 Å². The lowest BCUT2D eigenvalue weighted by Gasteiger charge is -2.24. The zero-order valence-corrected chi connectivity index (χ0v) is 19.5. The van der Waals surface area contributed by atoms with E-state index in [-0.39, 0.29) is 43.2 Å². The second kappa shape index (κ2) is 11.1. The first-order valence-electron chi connectivity index (χ1n) is 11.2. The van der Waals surface area contributed by atoms with Crippen molar-refractivity contribution < 1.29 is 24.2 Å². The van der Waals surface area contributed by atoms with E-state index in [1.54, 1.807) is 0 Å². The smallest absolute Gasteiger partial charge is 0.307 e. The highest BCUT2D eigenvalue weighted by Gasteiger charge is 2.27. The van der Waals surface area contributed by atoms with Crippen molar-refractivity contribution in [3.8, 4) is 11.1 Å². The fraction of sp³-hybridized carbons (Fsp3) is 0.423. The Kier molecular flexibility index (Phi) is 8.22. The quantitative estimate of drug-likeness (QED) is 0.339. The van der Waals surface area contributed by atoms with Gasteiger partial charge in [-0.1, -0.05) is 62.4 Å². The highest BCUT2D eigenvalue weighted by molar-refractivity contribution is 5.81. The molecular weight excluding hydrogens is 420 g/mol. The van der Waals surface area contributed by atoms with E-state index in [1.165, 1.54) is 14.0 Å². The van der Waals surface area contributed by atoms with Crippen molar-refractivity contribution in [3.05, 3.63) is 59.7 Å². The minimum atomic E-state index is -0.739. The molecule has 1 aliphatic carbocycles. The first-order valence-corrected chi connectivity index (χ1v) is 11.2. The molecule has 7 nitrogen and oxygen atoms in total. The summed E-state index contributed by atoms with van der Waals surface area (Å²) in [4.78, 5) is 27.8. The Morgan fingerprint density at radius 3 is 2.15 bits per heavy atom. The number of carbonyl (C=O) groups is 2. The van der Waals surface area contributed by atoms with Gasteiger partial charge in [0.1, 0.15) is 11.9 Å². The van der Waals surface area contributed by atoms with Crippen molar-refractivity contribution in [3.63, 3.8) is 0 Å². The maximum Gasteiger partial charge on any atom is 0.307 e. The maximum absolute atomic E-state index is 12.6. The Morgan fingerprint density at radius 1 is 1.06 bits per heavy atom. The monoisotopic (exact) mass is 451 g/mol. The number of fused-ring (bicyclic) bond motifs is 3. The number of hydrogen-bond acceptors (Lipinski definition) is 7. The highest BCUT2D eigenvalue weighted by Crippen LogP contribution is 2.44. The molecule has 2 aromatic carbocycles. The van der Waals surface area contributed by atoms with Crippen LogP contribution in [0.15, 0.2) is 53.5 Å². The Hall–Kier alpha value is -3.19. The first-order chi connectivity index (χ1) is 15.8. The Balaban J connectivity index is 1.71. The molecule has 0 unspecified atom stereocenters. The number of ketones is 1. The molecule has 1 N–H and O–H groups in total. The predicted molar refractivity (Wildman–Crippen MR) is 125 cm³/mol. The molecule has 176 valence electrons. The van der Waals surface area contributed by atoms with Crippen molar-refractivity contribution in [1.82, 2.24) is 5.32 Å². The van der Waals surface area contributed by atoms with Gasteiger partial charge in [-0.2, -0.15) is 0 Å². The number of rotatable bonds is 10. The molecule has 0 amide bonds. The van der Waals surface area contributed by atoms with Crippen LogP contribution in [-0.4, -0.2) is 50.2 Å². The van der Waals surface area contributed by atoms with Gasteiger partial charge in [0.25, 0.3) is 0 Å². The van der Waals surface area contributed by atoms with Gasteiger partial charge in [0.2, 0.25) is 0 Å². The molecule has 3 rings (SSSR count). The van der Waals surface area contributed by atoms with E-state index in [0.717, 1.165) is 22.3 Å². The van der Waals surface area contributed by atoms with Crippen LogP contribution in [-0.2, 0) is 19.1 Å². The number of carbonyl (C=O) groups excluding carboxylic acids is 2. The summed E-state index contributed by atoms with van der Waals surface area (Å²) in [5.74, 6) is -0.503. The summed E-state index contributed by atoms with van der Waals surface area (Å²) < 4.78 is 10.3. The highest BCUT2D eigenvalue weighted by atomic mass is 16.6. The topological polar surface area (TPSA) is 100 Å². The average Bonchev–Trinajstić information content (AvgIpc) is 3.11. The number of nitrogens with one attached hydrogen (secondary N) is 1. The molecule has 2 aromatic rings. The van der Waals surface area contributed by atoms with Crippen LogP contribution >= 0.6 is 0 Å². The first kappa shape index (κ1) is 24.5. The fourth-order valence-corrected chi connectivity index (χ4v) is 4.33. The van der Waals surface area contributed by atoms with E-state index in [0.29, 0.717) is 0 Å². The lowest BCUT2D eigenvalue weighted by atomic mass is 9.98. The molecule has 0 aliphatic heterocycles. The van der Waals surface area contributed by atoms with E-state index in [1.807, 2.05) is 50.2 Å². The largest absolute Gasteiger partial charge is 0.599 e. The van der Waals surface area contributed by atoms with Crippen molar-refractivity contribution in [2.24, 2.45) is 10.9 Å². The second-order valence-corrected chi connectivity index (χ2v) is 8.61. The van der Waals surface area contributed by atoms with Gasteiger partial charge in [0, 0.05) is 19.1 Å². The van der Waals surface area contributed by atoms with Crippen LogP contribution in [0.3, 0.4) is 0 Å². The Labute approximate surface area is 194 Å². The van der Waals surface area contributed by atoms with Gasteiger partial charge in [0.05, 0.1) is 25.6 Å². The zero-order chi connectivity index (χ0) is 24.0. The number of aliphatic imine (C=N–C) groups is 1. The summed E-state index contributed by atoms with van der Waals surface area (Å²) in [6.07, 6.45) is -0.826. The molecule has 0 bridgehead atoms. The van der Waals surface area contributed by atoms with Crippen LogP contribution in [0.5, 0.6) is 0 Å². The van der Waals surface area contributed by atoms with E-state index in [2.05, 4.69) is 22.4 Å². The molecule has 0 heterocycles. The average molecular weight is 452 g/mol. The number of hydrogen-bond donors (Lipinski definition) is 1. The molecule has 0 saturated heterocycles. The SMILES string of the molecule is COC(=O)C[C@@H](CN[C@H](C(C)=O)C(C)C)N=C([O-])OCC1c2ccccc2-c2ccccc21. The van der Waals surface area contributed by atoms with Gasteiger partial charge in [-0.05, 0) is 35.1 Å². The number of Topliss-reactive ketones (excluding diaryl/α,β-unsaturated/α-hetero) is 1. The van der Waals surface area contributed by atoms with Crippen LogP contribution in [0.2, 0.25) is 0 Å². The van der Waals surface area contributed by atoms with E-state index >= 15 is 0 Å².